The van der Waals surface area contributed by atoms with Crippen molar-refractivity contribution in [3.05, 3.63) is 59.1 Å². The maximum absolute atomic E-state index is 12.5. The van der Waals surface area contributed by atoms with Gasteiger partial charge in [0, 0.05) is 13.3 Å². The molecule has 0 aliphatic heterocycles. The van der Waals surface area contributed by atoms with Gasteiger partial charge in [0.25, 0.3) is 0 Å². The highest BCUT2D eigenvalue weighted by Gasteiger charge is 2.16. The zero-order chi connectivity index (χ0) is 19.6. The highest BCUT2D eigenvalue weighted by atomic mass is 32.2. The van der Waals surface area contributed by atoms with Crippen molar-refractivity contribution in [2.75, 3.05) is 13.3 Å². The van der Waals surface area contributed by atoms with Gasteiger partial charge in [0.05, 0.1) is 27.7 Å². The molecule has 0 radical (unpaired) electrons. The van der Waals surface area contributed by atoms with Gasteiger partial charge in [-0.1, -0.05) is 24.3 Å². The Labute approximate surface area is 162 Å². The average molecular weight is 404 g/mol. The van der Waals surface area contributed by atoms with Gasteiger partial charge in [0.2, 0.25) is 0 Å². The van der Waals surface area contributed by atoms with Crippen LogP contribution in [0.4, 0.5) is 4.79 Å². The van der Waals surface area contributed by atoms with Crippen LogP contribution in [-0.4, -0.2) is 37.6 Å². The van der Waals surface area contributed by atoms with Gasteiger partial charge in [0.15, 0.2) is 9.84 Å². The van der Waals surface area contributed by atoms with E-state index in [1.54, 1.807) is 47.5 Å². The van der Waals surface area contributed by atoms with Crippen LogP contribution >= 0.6 is 11.3 Å². The van der Waals surface area contributed by atoms with E-state index in [1.165, 1.54) is 6.26 Å². The lowest BCUT2D eigenvalue weighted by atomic mass is 10.1. The number of urea groups is 1. The van der Waals surface area contributed by atoms with E-state index in [1.807, 2.05) is 31.2 Å². The Hall–Kier alpha value is -2.45. The zero-order valence-electron chi connectivity index (χ0n) is 15.3. The van der Waals surface area contributed by atoms with Crippen LogP contribution in [0.25, 0.3) is 10.2 Å². The number of para-hydroxylation sites is 1. The lowest BCUT2D eigenvalue weighted by Gasteiger charge is -2.21. The molecule has 0 bridgehead atoms. The molecule has 8 heteroatoms. The first kappa shape index (κ1) is 19.3. The molecule has 0 spiro atoms. The summed E-state index contributed by atoms with van der Waals surface area (Å²) in [5.74, 6) is 0. The molecule has 1 unspecified atom stereocenters. The molecule has 1 atom stereocenters. The Balaban J connectivity index is 1.63. The molecule has 1 aromatic heterocycles. The summed E-state index contributed by atoms with van der Waals surface area (Å²) in [5, 5.41) is 3.80. The van der Waals surface area contributed by atoms with Gasteiger partial charge in [-0.25, -0.2) is 18.2 Å². The fraction of sp³-hybridized carbons (Fsp3) is 0.263. The molecular weight excluding hydrogens is 382 g/mol. The standard InChI is InChI=1S/C19H21N3O3S2/c1-13(14-8-10-15(11-9-14)27(3,24)25)20-19(23)22(2)12-18-21-16-6-4-5-7-17(16)26-18/h4-11,13H,12H2,1-3H3,(H,20,23). The summed E-state index contributed by atoms with van der Waals surface area (Å²) in [7, 11) is -1.51. The topological polar surface area (TPSA) is 79.4 Å². The highest BCUT2D eigenvalue weighted by molar-refractivity contribution is 7.90. The molecule has 0 saturated heterocycles. The van der Waals surface area contributed by atoms with E-state index in [0.29, 0.717) is 6.54 Å². The Morgan fingerprint density at radius 2 is 1.85 bits per heavy atom. The van der Waals surface area contributed by atoms with E-state index in [4.69, 9.17) is 0 Å². The van der Waals surface area contributed by atoms with Gasteiger partial charge in [-0.3, -0.25) is 0 Å². The molecule has 0 aliphatic carbocycles. The van der Waals surface area contributed by atoms with E-state index in [2.05, 4.69) is 10.3 Å². The fourth-order valence-electron chi connectivity index (χ4n) is 2.64. The number of sulfone groups is 1. The van der Waals surface area contributed by atoms with Crippen molar-refractivity contribution in [3.63, 3.8) is 0 Å². The molecule has 27 heavy (non-hydrogen) atoms. The van der Waals surface area contributed by atoms with Crippen LogP contribution in [0.15, 0.2) is 53.4 Å². The van der Waals surface area contributed by atoms with E-state index >= 15 is 0 Å². The van der Waals surface area contributed by atoms with E-state index in [-0.39, 0.29) is 17.0 Å². The summed E-state index contributed by atoms with van der Waals surface area (Å²) in [5.41, 5.74) is 1.77. The maximum atomic E-state index is 12.5. The normalized spacial score (nSPS) is 12.7. The first-order valence-electron chi connectivity index (χ1n) is 8.40. The minimum atomic E-state index is -3.23. The summed E-state index contributed by atoms with van der Waals surface area (Å²) in [4.78, 5) is 18.9. The van der Waals surface area contributed by atoms with Crippen LogP contribution in [0.2, 0.25) is 0 Å². The van der Waals surface area contributed by atoms with Crippen molar-refractivity contribution in [2.24, 2.45) is 0 Å². The lowest BCUT2D eigenvalue weighted by molar-refractivity contribution is 0.203. The third kappa shape index (κ3) is 4.64. The number of carbonyl (C=O) groups is 1. The summed E-state index contributed by atoms with van der Waals surface area (Å²) < 4.78 is 24.2. The second kappa shape index (κ2) is 7.66. The number of thiazole rings is 1. The van der Waals surface area contributed by atoms with Crippen LogP contribution in [0.3, 0.4) is 0 Å². The monoisotopic (exact) mass is 403 g/mol. The Morgan fingerprint density at radius 1 is 1.19 bits per heavy atom. The zero-order valence-corrected chi connectivity index (χ0v) is 17.0. The second-order valence-corrected chi connectivity index (χ2v) is 9.57. The Bertz CT molecular complexity index is 1030. The van der Waals surface area contributed by atoms with Crippen LogP contribution in [0.5, 0.6) is 0 Å². The second-order valence-electron chi connectivity index (χ2n) is 6.44. The molecule has 1 N–H and O–H groups in total. The highest BCUT2D eigenvalue weighted by Crippen LogP contribution is 2.22. The van der Waals surface area contributed by atoms with Crippen LogP contribution in [0, 0.1) is 0 Å². The van der Waals surface area contributed by atoms with E-state index in [0.717, 1.165) is 20.8 Å². The van der Waals surface area contributed by atoms with Gasteiger partial charge >= 0.3 is 6.03 Å². The van der Waals surface area contributed by atoms with Crippen LogP contribution in [-0.2, 0) is 16.4 Å². The Kier molecular flexibility index (Phi) is 5.48. The number of aromatic nitrogens is 1. The van der Waals surface area contributed by atoms with Crippen LogP contribution < -0.4 is 5.32 Å². The molecule has 6 nitrogen and oxygen atoms in total. The van der Waals surface area contributed by atoms with Crippen molar-refractivity contribution in [1.82, 2.24) is 15.2 Å². The summed E-state index contributed by atoms with van der Waals surface area (Å²) in [6.07, 6.45) is 1.17. The fourth-order valence-corrected chi connectivity index (χ4v) is 4.30. The number of benzene rings is 2. The first-order chi connectivity index (χ1) is 12.7. The maximum Gasteiger partial charge on any atom is 0.317 e. The number of amides is 2. The Morgan fingerprint density at radius 3 is 2.48 bits per heavy atom. The molecule has 3 rings (SSSR count). The minimum absolute atomic E-state index is 0.214. The summed E-state index contributed by atoms with van der Waals surface area (Å²) in [6.45, 7) is 2.28. The number of nitrogens with one attached hydrogen (secondary N) is 1. The van der Waals surface area contributed by atoms with Crippen molar-refractivity contribution in [1.29, 1.82) is 0 Å². The molecule has 0 saturated carbocycles. The summed E-state index contributed by atoms with van der Waals surface area (Å²) in [6, 6.07) is 14.0. The smallest absolute Gasteiger partial charge is 0.317 e. The molecule has 3 aromatic rings. The van der Waals surface area contributed by atoms with Crippen molar-refractivity contribution < 1.29 is 13.2 Å². The van der Waals surface area contributed by atoms with E-state index < -0.39 is 9.84 Å². The third-order valence-corrected chi connectivity index (χ3v) is 6.36. The summed E-state index contributed by atoms with van der Waals surface area (Å²) >= 11 is 1.57. The van der Waals surface area contributed by atoms with Crippen molar-refractivity contribution >= 4 is 37.4 Å². The minimum Gasteiger partial charge on any atom is -0.331 e. The number of nitrogens with zero attached hydrogens (tertiary/aromatic N) is 2. The SMILES string of the molecule is CC(NC(=O)N(C)Cc1nc2ccccc2s1)c1ccc(S(C)(=O)=O)cc1. The van der Waals surface area contributed by atoms with E-state index in [9.17, 15) is 13.2 Å². The first-order valence-corrected chi connectivity index (χ1v) is 11.1. The van der Waals surface area contributed by atoms with Crippen LogP contribution in [0.1, 0.15) is 23.5 Å². The van der Waals surface area contributed by atoms with Gasteiger partial charge in [-0.05, 0) is 36.8 Å². The molecule has 142 valence electrons. The van der Waals surface area contributed by atoms with Gasteiger partial charge in [0.1, 0.15) is 5.01 Å². The predicted octanol–water partition coefficient (Wildman–Crippen LogP) is 3.60. The number of fused-ring (bicyclic) bond motifs is 1. The van der Waals surface area contributed by atoms with Crippen molar-refractivity contribution in [3.8, 4) is 0 Å². The predicted molar refractivity (Wildman–Crippen MR) is 108 cm³/mol. The molecule has 0 fully saturated rings. The molecular formula is C19H21N3O3S2. The number of carbonyl (C=O) groups excluding carboxylic acids is 1. The lowest BCUT2D eigenvalue weighted by Crippen LogP contribution is -2.38. The number of hydrogen-bond donors (Lipinski definition) is 1. The quantitative estimate of drug-likeness (QED) is 0.706. The molecule has 2 amide bonds. The molecule has 2 aromatic carbocycles. The van der Waals surface area contributed by atoms with Gasteiger partial charge < -0.3 is 10.2 Å². The third-order valence-electron chi connectivity index (χ3n) is 4.21. The van der Waals surface area contributed by atoms with Crippen molar-refractivity contribution in [2.45, 2.75) is 24.4 Å². The number of hydrogen-bond acceptors (Lipinski definition) is 5. The number of rotatable bonds is 5. The largest absolute Gasteiger partial charge is 0.331 e. The molecule has 1 heterocycles. The molecule has 0 aliphatic rings. The average Bonchev–Trinajstić information content (AvgIpc) is 3.03. The van der Waals surface area contributed by atoms with Gasteiger partial charge in [-0.15, -0.1) is 11.3 Å². The van der Waals surface area contributed by atoms with Gasteiger partial charge in [-0.2, -0.15) is 0 Å².